The quantitative estimate of drug-likeness (QED) is 0.272. The summed E-state index contributed by atoms with van der Waals surface area (Å²) in [5.74, 6) is -0.777. The topological polar surface area (TPSA) is 98.7 Å². The highest BCUT2D eigenvalue weighted by molar-refractivity contribution is 7.80. The molecule has 1 rings (SSSR count). The summed E-state index contributed by atoms with van der Waals surface area (Å²) in [7, 11) is 0. The number of thiocarbonyl (C=S) groups is 1. The largest absolute Gasteiger partial charge is 0.508 e. The number of aromatic hydroxyl groups is 1. The Labute approximate surface area is 153 Å². The van der Waals surface area contributed by atoms with Crippen LogP contribution in [-0.2, 0) is 9.59 Å². The zero-order chi connectivity index (χ0) is 18.7. The van der Waals surface area contributed by atoms with E-state index in [1.54, 1.807) is 12.1 Å². The number of carbonyl (C=O) groups excluding carboxylic acids is 1. The fourth-order valence-corrected chi connectivity index (χ4v) is 2.48. The number of carbonyl (C=O) groups is 2. The average molecular weight is 366 g/mol. The number of hydrogen-bond donors (Lipinski definition) is 4. The first-order valence-electron chi connectivity index (χ1n) is 8.47. The molecule has 0 radical (unpaired) electrons. The lowest BCUT2D eigenvalue weighted by Crippen LogP contribution is -2.23. The second-order valence-electron chi connectivity index (χ2n) is 6.03. The Kier molecular flexibility index (Phi) is 9.54. The summed E-state index contributed by atoms with van der Waals surface area (Å²) in [6.45, 7) is 2.62. The van der Waals surface area contributed by atoms with Crippen LogP contribution in [0.1, 0.15) is 45.4 Å². The molecule has 0 aromatic heterocycles. The molecule has 7 heteroatoms. The Hall–Kier alpha value is -2.15. The van der Waals surface area contributed by atoms with Crippen molar-refractivity contribution in [1.29, 1.82) is 0 Å². The maximum Gasteiger partial charge on any atom is 0.303 e. The summed E-state index contributed by atoms with van der Waals surface area (Å²) in [4.78, 5) is 23.2. The van der Waals surface area contributed by atoms with Crippen molar-refractivity contribution in [2.45, 2.75) is 45.4 Å². The van der Waals surface area contributed by atoms with Crippen LogP contribution in [0, 0.1) is 5.92 Å². The number of nitrogens with one attached hydrogen (secondary N) is 2. The lowest BCUT2D eigenvalue weighted by atomic mass is 10.0. The van der Waals surface area contributed by atoms with Crippen molar-refractivity contribution in [1.82, 2.24) is 5.32 Å². The number of unbranched alkanes of at least 4 members (excludes halogenated alkanes) is 1. The van der Waals surface area contributed by atoms with Crippen LogP contribution in [0.2, 0.25) is 0 Å². The molecule has 4 N–H and O–H groups in total. The van der Waals surface area contributed by atoms with E-state index in [0.717, 1.165) is 25.8 Å². The summed E-state index contributed by atoms with van der Waals surface area (Å²) in [5.41, 5.74) is 0.669. The lowest BCUT2D eigenvalue weighted by molar-refractivity contribution is -0.137. The van der Waals surface area contributed by atoms with Crippen LogP contribution in [0.4, 0.5) is 5.69 Å². The third-order valence-electron chi connectivity index (χ3n) is 3.76. The van der Waals surface area contributed by atoms with E-state index < -0.39 is 5.97 Å². The first-order chi connectivity index (χ1) is 11.9. The molecule has 0 spiro atoms. The average Bonchev–Trinajstić information content (AvgIpc) is 2.56. The van der Waals surface area contributed by atoms with Crippen molar-refractivity contribution < 1.29 is 19.8 Å². The molecule has 6 nitrogen and oxygen atoms in total. The van der Waals surface area contributed by atoms with Gasteiger partial charge in [0.05, 0.1) is 4.99 Å². The molecule has 0 aliphatic carbocycles. The molecule has 0 fully saturated rings. The van der Waals surface area contributed by atoms with E-state index in [4.69, 9.17) is 17.3 Å². The minimum atomic E-state index is -0.803. The van der Waals surface area contributed by atoms with Crippen LogP contribution in [0.25, 0.3) is 0 Å². The van der Waals surface area contributed by atoms with Gasteiger partial charge in [-0.3, -0.25) is 9.59 Å². The van der Waals surface area contributed by atoms with Crippen LogP contribution < -0.4 is 10.6 Å². The minimum absolute atomic E-state index is 0.0390. The number of phenolic OH excluding ortho intramolecular Hbond substituents is 1. The monoisotopic (exact) mass is 366 g/mol. The Bertz CT molecular complexity index is 575. The first kappa shape index (κ1) is 20.9. The normalized spacial score (nSPS) is 11.6. The van der Waals surface area contributed by atoms with Gasteiger partial charge in [-0.05, 0) is 49.9 Å². The van der Waals surface area contributed by atoms with Gasteiger partial charge in [-0.2, -0.15) is 0 Å². The third kappa shape index (κ3) is 9.66. The number of phenols is 1. The van der Waals surface area contributed by atoms with Gasteiger partial charge in [-0.1, -0.05) is 25.6 Å². The van der Waals surface area contributed by atoms with Crippen molar-refractivity contribution >= 4 is 34.8 Å². The third-order valence-corrected chi connectivity index (χ3v) is 4.11. The van der Waals surface area contributed by atoms with E-state index >= 15 is 0 Å². The van der Waals surface area contributed by atoms with Crippen molar-refractivity contribution in [3.8, 4) is 5.75 Å². The zero-order valence-corrected chi connectivity index (χ0v) is 15.3. The molecule has 0 heterocycles. The van der Waals surface area contributed by atoms with Crippen LogP contribution >= 0.6 is 12.2 Å². The zero-order valence-electron chi connectivity index (χ0n) is 14.5. The molecule has 25 heavy (non-hydrogen) atoms. The SMILES string of the molecule is CC(CCCCNC(=S)CCCC(=O)O)C(=O)Nc1ccc(O)cc1. The predicted octanol–water partition coefficient (Wildman–Crippen LogP) is 3.31. The number of carboxylic acid groups (broad SMARTS) is 1. The van der Waals surface area contributed by atoms with Gasteiger partial charge in [0.25, 0.3) is 0 Å². The number of hydrogen-bond acceptors (Lipinski definition) is 4. The summed E-state index contributed by atoms with van der Waals surface area (Å²) in [6.07, 6.45) is 3.85. The standard InChI is InChI=1S/C18H26N2O4S/c1-13(18(24)20-14-8-10-15(21)11-9-14)5-2-3-12-19-16(25)6-4-7-17(22)23/h8-11,13,21H,2-7,12H2,1H3,(H,19,25)(H,20,24)(H,22,23). The van der Waals surface area contributed by atoms with Gasteiger partial charge in [0.2, 0.25) is 5.91 Å². The fraction of sp³-hybridized carbons (Fsp3) is 0.500. The van der Waals surface area contributed by atoms with Crippen molar-refractivity contribution in [3.63, 3.8) is 0 Å². The van der Waals surface area contributed by atoms with Crippen LogP contribution in [0.3, 0.4) is 0 Å². The maximum atomic E-state index is 12.1. The Morgan fingerprint density at radius 3 is 2.44 bits per heavy atom. The van der Waals surface area contributed by atoms with Crippen molar-refractivity contribution in [2.24, 2.45) is 5.92 Å². The molecule has 1 amide bonds. The molecular weight excluding hydrogens is 340 g/mol. The maximum absolute atomic E-state index is 12.1. The molecule has 0 aliphatic rings. The van der Waals surface area contributed by atoms with E-state index in [2.05, 4.69) is 10.6 Å². The highest BCUT2D eigenvalue weighted by atomic mass is 32.1. The van der Waals surface area contributed by atoms with Crippen LogP contribution in [0.5, 0.6) is 5.75 Å². The first-order valence-corrected chi connectivity index (χ1v) is 8.87. The van der Waals surface area contributed by atoms with E-state index in [9.17, 15) is 14.7 Å². The van der Waals surface area contributed by atoms with Crippen molar-refractivity contribution in [2.75, 3.05) is 11.9 Å². The van der Waals surface area contributed by atoms with E-state index in [-0.39, 0.29) is 24.0 Å². The van der Waals surface area contributed by atoms with Gasteiger partial charge in [0.15, 0.2) is 0 Å². The second kappa shape index (κ2) is 11.4. The molecule has 1 atom stereocenters. The number of aliphatic carboxylic acids is 1. The molecule has 0 saturated heterocycles. The summed E-state index contributed by atoms with van der Waals surface area (Å²) >= 11 is 5.14. The highest BCUT2D eigenvalue weighted by Gasteiger charge is 2.12. The summed E-state index contributed by atoms with van der Waals surface area (Å²) in [6, 6.07) is 6.39. The van der Waals surface area contributed by atoms with Gasteiger partial charge in [0.1, 0.15) is 5.75 Å². The molecule has 1 aromatic rings. The van der Waals surface area contributed by atoms with Crippen molar-refractivity contribution in [3.05, 3.63) is 24.3 Å². The molecule has 138 valence electrons. The number of carboxylic acids is 1. The number of benzene rings is 1. The molecular formula is C18H26N2O4S. The Morgan fingerprint density at radius 2 is 1.80 bits per heavy atom. The number of anilines is 1. The smallest absolute Gasteiger partial charge is 0.303 e. The van der Waals surface area contributed by atoms with Crippen LogP contribution in [-0.4, -0.2) is 33.6 Å². The fourth-order valence-electron chi connectivity index (χ4n) is 2.23. The van der Waals surface area contributed by atoms with E-state index in [1.165, 1.54) is 12.1 Å². The molecule has 0 aliphatic heterocycles. The van der Waals surface area contributed by atoms with Gasteiger partial charge < -0.3 is 20.8 Å². The molecule has 1 unspecified atom stereocenters. The predicted molar refractivity (Wildman–Crippen MR) is 102 cm³/mol. The number of amides is 1. The molecule has 1 aromatic carbocycles. The summed E-state index contributed by atoms with van der Waals surface area (Å²) in [5, 5.41) is 23.7. The van der Waals surface area contributed by atoms with E-state index in [1.807, 2.05) is 6.92 Å². The van der Waals surface area contributed by atoms with E-state index in [0.29, 0.717) is 23.5 Å². The summed E-state index contributed by atoms with van der Waals surface area (Å²) < 4.78 is 0. The second-order valence-corrected chi connectivity index (χ2v) is 6.52. The van der Waals surface area contributed by atoms with Gasteiger partial charge in [-0.25, -0.2) is 0 Å². The highest BCUT2D eigenvalue weighted by Crippen LogP contribution is 2.16. The van der Waals surface area contributed by atoms with Gasteiger partial charge in [0, 0.05) is 24.6 Å². The Balaban J connectivity index is 2.12. The molecule has 0 bridgehead atoms. The minimum Gasteiger partial charge on any atom is -0.508 e. The van der Waals surface area contributed by atoms with Gasteiger partial charge >= 0.3 is 5.97 Å². The van der Waals surface area contributed by atoms with Gasteiger partial charge in [-0.15, -0.1) is 0 Å². The molecule has 0 saturated carbocycles. The lowest BCUT2D eigenvalue weighted by Gasteiger charge is -2.13. The van der Waals surface area contributed by atoms with Crippen LogP contribution in [0.15, 0.2) is 24.3 Å². The number of rotatable bonds is 11. The Morgan fingerprint density at radius 1 is 1.12 bits per heavy atom.